The van der Waals surface area contributed by atoms with E-state index in [-0.39, 0.29) is 29.5 Å². The van der Waals surface area contributed by atoms with Gasteiger partial charge in [0.1, 0.15) is 0 Å². The topological polar surface area (TPSA) is 74.6 Å². The van der Waals surface area contributed by atoms with E-state index in [0.717, 1.165) is 44.1 Å². The summed E-state index contributed by atoms with van der Waals surface area (Å²) < 4.78 is 0. The van der Waals surface area contributed by atoms with Crippen LogP contribution in [0.5, 0.6) is 0 Å². The molecule has 0 amide bonds. The van der Waals surface area contributed by atoms with E-state index < -0.39 is 5.60 Å². The van der Waals surface area contributed by atoms with E-state index in [1.165, 1.54) is 16.7 Å². The van der Waals surface area contributed by atoms with Crippen LogP contribution in [0.3, 0.4) is 0 Å². The maximum atomic E-state index is 12.6. The first-order valence-corrected chi connectivity index (χ1v) is 12.7. The third kappa shape index (κ3) is 3.57. The van der Waals surface area contributed by atoms with Gasteiger partial charge in [0.05, 0.1) is 5.60 Å². The summed E-state index contributed by atoms with van der Waals surface area (Å²) >= 11 is 0. The molecule has 0 spiro atoms. The highest BCUT2D eigenvalue weighted by atomic mass is 16.3. The number of allylic oxidation sites excluding steroid dienone is 4. The smallest absolute Gasteiger partial charge is 0.159 e. The lowest BCUT2D eigenvalue weighted by atomic mass is 9.53. The van der Waals surface area contributed by atoms with Crippen molar-refractivity contribution in [2.75, 3.05) is 6.61 Å². The van der Waals surface area contributed by atoms with Crippen LogP contribution in [0.15, 0.2) is 47.1 Å². The van der Waals surface area contributed by atoms with E-state index >= 15 is 0 Å². The van der Waals surface area contributed by atoms with Crippen LogP contribution in [0.2, 0.25) is 0 Å². The number of benzene rings is 1. The van der Waals surface area contributed by atoms with Gasteiger partial charge in [0.25, 0.3) is 0 Å². The number of fused-ring (bicyclic) bond motifs is 4. The second kappa shape index (κ2) is 8.32. The van der Waals surface area contributed by atoms with E-state index in [0.29, 0.717) is 36.7 Å². The van der Waals surface area contributed by atoms with Crippen molar-refractivity contribution < 1.29 is 19.8 Å². The van der Waals surface area contributed by atoms with E-state index in [1.54, 1.807) is 6.92 Å². The standard InChI is InChI=1S/C29H36O4/c1-18(31)19-4-6-20(7-5-19)25-17-22(32)16-21-8-9-23-24(27(21)25)10-13-28(2)26(23)11-14-29(28,33)12-3-15-30/h4-7,16,23,25-26,30,33H,3,8-15,17H2,1-2H3/t23-,25+,26+,28-,29-/m1/s1. The van der Waals surface area contributed by atoms with E-state index in [4.69, 9.17) is 0 Å². The quantitative estimate of drug-likeness (QED) is 0.600. The second-order valence-electron chi connectivity index (χ2n) is 11.1. The van der Waals surface area contributed by atoms with Crippen LogP contribution < -0.4 is 0 Å². The van der Waals surface area contributed by atoms with Gasteiger partial charge < -0.3 is 10.2 Å². The number of rotatable bonds is 5. The number of hydrogen-bond acceptors (Lipinski definition) is 4. The molecule has 176 valence electrons. The first kappa shape index (κ1) is 22.7. The first-order chi connectivity index (χ1) is 15.8. The molecule has 2 N–H and O–H groups in total. The van der Waals surface area contributed by atoms with Gasteiger partial charge in [-0.25, -0.2) is 0 Å². The van der Waals surface area contributed by atoms with Gasteiger partial charge >= 0.3 is 0 Å². The molecule has 4 aliphatic carbocycles. The Morgan fingerprint density at radius 2 is 1.88 bits per heavy atom. The highest BCUT2D eigenvalue weighted by molar-refractivity contribution is 5.95. The molecule has 0 bridgehead atoms. The van der Waals surface area contributed by atoms with Crippen molar-refractivity contribution in [1.82, 2.24) is 0 Å². The molecule has 1 aromatic carbocycles. The average Bonchev–Trinajstić information content (AvgIpc) is 3.07. The summed E-state index contributed by atoms with van der Waals surface area (Å²) in [7, 11) is 0. The number of ketones is 2. The molecular weight excluding hydrogens is 412 g/mol. The molecule has 5 atom stereocenters. The highest BCUT2D eigenvalue weighted by Gasteiger charge is 2.60. The van der Waals surface area contributed by atoms with Crippen LogP contribution in [0.4, 0.5) is 0 Å². The zero-order valence-corrected chi connectivity index (χ0v) is 19.9. The van der Waals surface area contributed by atoms with Crippen molar-refractivity contribution in [1.29, 1.82) is 0 Å². The van der Waals surface area contributed by atoms with Crippen LogP contribution in [-0.4, -0.2) is 34.0 Å². The molecule has 5 rings (SSSR count). The Bertz CT molecular complexity index is 1030. The van der Waals surface area contributed by atoms with Gasteiger partial charge in [-0.3, -0.25) is 9.59 Å². The molecule has 4 heteroatoms. The average molecular weight is 449 g/mol. The summed E-state index contributed by atoms with van der Waals surface area (Å²) in [6.45, 7) is 4.00. The third-order valence-corrected chi connectivity index (χ3v) is 9.57. The van der Waals surface area contributed by atoms with Crippen molar-refractivity contribution in [2.24, 2.45) is 17.3 Å². The first-order valence-electron chi connectivity index (χ1n) is 12.7. The van der Waals surface area contributed by atoms with Gasteiger partial charge in [0.15, 0.2) is 11.6 Å². The Morgan fingerprint density at radius 3 is 2.58 bits per heavy atom. The SMILES string of the molecule is CC(=O)c1ccc([C@@H]2CC(=O)C=C3CC[C@@H]4C(=C32)CC[C@]2(C)[C@H]4CC[C@]2(O)CCCO)cc1. The van der Waals surface area contributed by atoms with Crippen LogP contribution in [-0.2, 0) is 4.79 Å². The van der Waals surface area contributed by atoms with E-state index in [9.17, 15) is 19.8 Å². The minimum atomic E-state index is -0.683. The fraction of sp³-hybridized carbons (Fsp3) is 0.586. The summed E-state index contributed by atoms with van der Waals surface area (Å²) in [6.07, 6.45) is 9.51. The lowest BCUT2D eigenvalue weighted by Gasteiger charge is -2.52. The van der Waals surface area contributed by atoms with Crippen LogP contribution in [0.25, 0.3) is 0 Å². The number of aliphatic hydroxyl groups excluding tert-OH is 1. The fourth-order valence-electron chi connectivity index (χ4n) is 7.76. The zero-order valence-electron chi connectivity index (χ0n) is 19.9. The van der Waals surface area contributed by atoms with Gasteiger partial charge in [-0.05, 0) is 98.3 Å². The Labute approximate surface area is 196 Å². The van der Waals surface area contributed by atoms with Gasteiger partial charge in [-0.1, -0.05) is 36.8 Å². The van der Waals surface area contributed by atoms with Crippen molar-refractivity contribution in [3.05, 3.63) is 58.2 Å². The van der Waals surface area contributed by atoms with Gasteiger partial charge in [-0.15, -0.1) is 0 Å². The van der Waals surface area contributed by atoms with Gasteiger partial charge in [0.2, 0.25) is 0 Å². The number of aliphatic hydroxyl groups is 2. The summed E-state index contributed by atoms with van der Waals surface area (Å²) in [6, 6.07) is 7.85. The largest absolute Gasteiger partial charge is 0.396 e. The zero-order chi connectivity index (χ0) is 23.4. The third-order valence-electron chi connectivity index (χ3n) is 9.57. The molecule has 1 aromatic rings. The minimum absolute atomic E-state index is 0.0584. The molecule has 0 aromatic heterocycles. The fourth-order valence-corrected chi connectivity index (χ4v) is 7.76. The molecule has 0 heterocycles. The Balaban J connectivity index is 1.53. The van der Waals surface area contributed by atoms with Crippen LogP contribution in [0.1, 0.15) is 93.5 Å². The van der Waals surface area contributed by atoms with Gasteiger partial charge in [0, 0.05) is 24.5 Å². The van der Waals surface area contributed by atoms with Crippen LogP contribution in [0, 0.1) is 17.3 Å². The minimum Gasteiger partial charge on any atom is -0.396 e. The molecular formula is C29H36O4. The molecule has 0 radical (unpaired) electrons. The van der Waals surface area contributed by atoms with Crippen molar-refractivity contribution in [3.8, 4) is 0 Å². The molecule has 2 fully saturated rings. The number of Topliss-reactive ketones (excluding diaryl/α,β-unsaturated/α-hetero) is 1. The van der Waals surface area contributed by atoms with E-state index in [1.807, 2.05) is 30.3 Å². The number of carbonyl (C=O) groups is 2. The normalized spacial score (nSPS) is 35.6. The Morgan fingerprint density at radius 1 is 1.12 bits per heavy atom. The number of hydrogen-bond donors (Lipinski definition) is 2. The molecule has 4 aliphatic rings. The van der Waals surface area contributed by atoms with Crippen molar-refractivity contribution in [2.45, 2.75) is 83.2 Å². The molecule has 0 unspecified atom stereocenters. The Hall–Kier alpha value is -2.04. The molecule has 0 saturated heterocycles. The summed E-state index contributed by atoms with van der Waals surface area (Å²) in [4.78, 5) is 24.4. The maximum absolute atomic E-state index is 12.6. The summed E-state index contributed by atoms with van der Waals surface area (Å²) in [5.41, 5.74) is 5.16. The molecule has 4 nitrogen and oxygen atoms in total. The lowest BCUT2D eigenvalue weighted by Crippen LogP contribution is -2.50. The summed E-state index contributed by atoms with van der Waals surface area (Å²) in [5.74, 6) is 1.25. The maximum Gasteiger partial charge on any atom is 0.159 e. The van der Waals surface area contributed by atoms with E-state index in [2.05, 4.69) is 6.92 Å². The predicted molar refractivity (Wildman–Crippen MR) is 128 cm³/mol. The Kier molecular flexibility index (Phi) is 5.73. The molecule has 33 heavy (non-hydrogen) atoms. The molecule has 0 aliphatic heterocycles. The highest BCUT2D eigenvalue weighted by Crippen LogP contribution is 2.65. The van der Waals surface area contributed by atoms with Crippen molar-refractivity contribution >= 4 is 11.6 Å². The summed E-state index contributed by atoms with van der Waals surface area (Å²) in [5, 5.41) is 21.0. The molecule has 2 saturated carbocycles. The number of carbonyl (C=O) groups excluding carboxylic acids is 2. The van der Waals surface area contributed by atoms with Gasteiger partial charge in [-0.2, -0.15) is 0 Å². The monoisotopic (exact) mass is 448 g/mol. The predicted octanol–water partition coefficient (Wildman–Crippen LogP) is 5.29. The van der Waals surface area contributed by atoms with Crippen molar-refractivity contribution in [3.63, 3.8) is 0 Å². The second-order valence-corrected chi connectivity index (χ2v) is 11.1. The lowest BCUT2D eigenvalue weighted by molar-refractivity contribution is -0.115. The van der Waals surface area contributed by atoms with Crippen LogP contribution >= 0.6 is 0 Å².